The lowest BCUT2D eigenvalue weighted by atomic mass is 10.1. The molecule has 0 aliphatic heterocycles. The third kappa shape index (κ3) is 4.88. The summed E-state index contributed by atoms with van der Waals surface area (Å²) in [6.45, 7) is 5.39. The van der Waals surface area contributed by atoms with E-state index in [-0.39, 0.29) is 22.3 Å². The van der Waals surface area contributed by atoms with Gasteiger partial charge in [-0.25, -0.2) is 12.8 Å². The molecule has 6 nitrogen and oxygen atoms in total. The summed E-state index contributed by atoms with van der Waals surface area (Å²) in [6.07, 6.45) is 2.03. The molecule has 0 atom stereocenters. The van der Waals surface area contributed by atoms with Gasteiger partial charge in [0.2, 0.25) is 21.2 Å². The molecule has 0 spiro atoms. The Kier molecular flexibility index (Phi) is 6.58. The lowest BCUT2D eigenvalue weighted by molar-refractivity contribution is -0.116. The lowest BCUT2D eigenvalue weighted by Gasteiger charge is -2.15. The predicted octanol–water partition coefficient (Wildman–Crippen LogP) is 4.79. The third-order valence-electron chi connectivity index (χ3n) is 6.05. The zero-order valence-corrected chi connectivity index (χ0v) is 20.4. The fourth-order valence-electron chi connectivity index (χ4n) is 3.85. The van der Waals surface area contributed by atoms with Gasteiger partial charge in [-0.15, -0.1) is 0 Å². The monoisotopic (exact) mass is 492 g/mol. The minimum Gasteiger partial charge on any atom is -0.336 e. The summed E-state index contributed by atoms with van der Waals surface area (Å²) in [4.78, 5) is 25.4. The fraction of sp³-hybridized carbons (Fsp3) is 0.185. The molecule has 0 radical (unpaired) electrons. The number of aromatic nitrogens is 1. The molecule has 1 N–H and O–H groups in total. The fourth-order valence-corrected chi connectivity index (χ4v) is 5.31. The van der Waals surface area contributed by atoms with Crippen LogP contribution in [0.5, 0.6) is 0 Å². The molecule has 0 aliphatic rings. The highest BCUT2D eigenvalue weighted by molar-refractivity contribution is 7.91. The van der Waals surface area contributed by atoms with Crippen molar-refractivity contribution in [3.63, 3.8) is 0 Å². The van der Waals surface area contributed by atoms with Crippen LogP contribution in [0, 0.1) is 19.7 Å². The molecule has 4 aromatic rings. The van der Waals surface area contributed by atoms with Gasteiger partial charge in [-0.1, -0.05) is 25.1 Å². The highest BCUT2D eigenvalue weighted by Gasteiger charge is 2.25. The van der Waals surface area contributed by atoms with Gasteiger partial charge in [0.15, 0.2) is 0 Å². The summed E-state index contributed by atoms with van der Waals surface area (Å²) < 4.78 is 42.2. The van der Waals surface area contributed by atoms with E-state index >= 15 is 0 Å². The second kappa shape index (κ2) is 9.46. The first-order chi connectivity index (χ1) is 16.6. The van der Waals surface area contributed by atoms with E-state index in [9.17, 15) is 22.4 Å². The lowest BCUT2D eigenvalue weighted by Crippen LogP contribution is -2.24. The zero-order valence-electron chi connectivity index (χ0n) is 19.6. The summed E-state index contributed by atoms with van der Waals surface area (Å²) in [7, 11) is -4.23. The molecular formula is C27H25FN2O4S. The number of rotatable bonds is 6. The Bertz CT molecular complexity index is 1610. The van der Waals surface area contributed by atoms with Gasteiger partial charge in [-0.2, -0.15) is 0 Å². The van der Waals surface area contributed by atoms with Gasteiger partial charge in [0.25, 0.3) is 0 Å². The number of nitrogens with zero attached hydrogens (tertiary/aromatic N) is 1. The molecule has 4 rings (SSSR count). The minimum atomic E-state index is -4.23. The normalized spacial score (nSPS) is 11.5. The van der Waals surface area contributed by atoms with Crippen molar-refractivity contribution >= 4 is 32.3 Å². The number of carbonyl (C=O) groups excluding carboxylic acids is 1. The van der Waals surface area contributed by atoms with Crippen molar-refractivity contribution in [3.8, 4) is 0 Å². The summed E-state index contributed by atoms with van der Waals surface area (Å²) in [5.74, 6) is -1.10. The van der Waals surface area contributed by atoms with Crippen LogP contribution in [0.25, 0.3) is 10.9 Å². The number of amides is 1. The van der Waals surface area contributed by atoms with E-state index in [0.29, 0.717) is 5.69 Å². The number of fused-ring (bicyclic) bond motifs is 1. The molecule has 0 saturated heterocycles. The second-order valence-electron chi connectivity index (χ2n) is 8.46. The number of aryl methyl sites for hydroxylation is 3. The van der Waals surface area contributed by atoms with E-state index in [0.717, 1.165) is 41.4 Å². The van der Waals surface area contributed by atoms with Crippen molar-refractivity contribution in [2.75, 3.05) is 5.32 Å². The van der Waals surface area contributed by atoms with Crippen LogP contribution in [-0.2, 0) is 27.6 Å². The number of anilines is 1. The van der Waals surface area contributed by atoms with E-state index in [2.05, 4.69) is 5.32 Å². The maximum absolute atomic E-state index is 14.0. The second-order valence-corrected chi connectivity index (χ2v) is 10.4. The first-order valence-corrected chi connectivity index (χ1v) is 12.6. The molecule has 1 heterocycles. The summed E-state index contributed by atoms with van der Waals surface area (Å²) in [5.41, 5.74) is 2.82. The first kappa shape index (κ1) is 24.3. The summed E-state index contributed by atoms with van der Waals surface area (Å²) >= 11 is 0. The molecule has 0 bridgehead atoms. The number of nitrogens with one attached hydrogen (secondary N) is 1. The van der Waals surface area contributed by atoms with Gasteiger partial charge in [-0.3, -0.25) is 9.59 Å². The van der Waals surface area contributed by atoms with Crippen molar-refractivity contribution in [2.24, 2.45) is 0 Å². The average molecular weight is 493 g/mol. The number of halogens is 1. The minimum absolute atomic E-state index is 0.0412. The Morgan fingerprint density at radius 1 is 0.971 bits per heavy atom. The van der Waals surface area contributed by atoms with Crippen molar-refractivity contribution < 1.29 is 17.6 Å². The molecule has 1 aromatic heterocycles. The molecule has 1 amide bonds. The molecule has 0 unspecified atom stereocenters. The van der Waals surface area contributed by atoms with Crippen molar-refractivity contribution in [2.45, 2.75) is 43.5 Å². The first-order valence-electron chi connectivity index (χ1n) is 11.1. The Morgan fingerprint density at radius 2 is 1.69 bits per heavy atom. The quantitative estimate of drug-likeness (QED) is 0.419. The smallest absolute Gasteiger partial charge is 0.244 e. The predicted molar refractivity (Wildman–Crippen MR) is 134 cm³/mol. The van der Waals surface area contributed by atoms with Crippen LogP contribution >= 0.6 is 0 Å². The van der Waals surface area contributed by atoms with Crippen LogP contribution in [0.4, 0.5) is 10.1 Å². The van der Waals surface area contributed by atoms with E-state index in [1.165, 1.54) is 22.8 Å². The van der Waals surface area contributed by atoms with Crippen LogP contribution in [0.1, 0.15) is 23.6 Å². The highest BCUT2D eigenvalue weighted by Crippen LogP contribution is 2.24. The number of sulfone groups is 1. The SMILES string of the molecule is CCc1ccc(NC(=O)Cn2cc(S(=O)(=O)c3ccc(C)c(C)c3)c(=O)c3cc(F)ccc32)cc1. The average Bonchev–Trinajstić information content (AvgIpc) is 2.82. The van der Waals surface area contributed by atoms with Gasteiger partial charge in [0.1, 0.15) is 17.3 Å². The van der Waals surface area contributed by atoms with Gasteiger partial charge >= 0.3 is 0 Å². The van der Waals surface area contributed by atoms with Crippen LogP contribution in [0.15, 0.2) is 81.4 Å². The maximum atomic E-state index is 14.0. The number of carbonyl (C=O) groups is 1. The molecule has 3 aromatic carbocycles. The van der Waals surface area contributed by atoms with Crippen LogP contribution < -0.4 is 10.7 Å². The number of pyridine rings is 1. The number of hydrogen-bond acceptors (Lipinski definition) is 4. The van der Waals surface area contributed by atoms with Crippen molar-refractivity contribution in [1.82, 2.24) is 4.57 Å². The van der Waals surface area contributed by atoms with E-state index in [1.807, 2.05) is 26.0 Å². The largest absolute Gasteiger partial charge is 0.336 e. The molecule has 0 aliphatic carbocycles. The number of hydrogen-bond donors (Lipinski definition) is 1. The Labute approximate surface area is 203 Å². The van der Waals surface area contributed by atoms with Crippen LogP contribution in [0.2, 0.25) is 0 Å². The van der Waals surface area contributed by atoms with Gasteiger partial charge in [0, 0.05) is 17.3 Å². The third-order valence-corrected chi connectivity index (χ3v) is 7.79. The van der Waals surface area contributed by atoms with E-state index in [1.54, 1.807) is 25.1 Å². The van der Waals surface area contributed by atoms with Crippen LogP contribution in [0.3, 0.4) is 0 Å². The Hall–Kier alpha value is -3.78. The van der Waals surface area contributed by atoms with Crippen LogP contribution in [-0.4, -0.2) is 18.9 Å². The molecule has 8 heteroatoms. The molecule has 180 valence electrons. The van der Waals surface area contributed by atoms with E-state index in [4.69, 9.17) is 0 Å². The topological polar surface area (TPSA) is 85.2 Å². The van der Waals surface area contributed by atoms with Gasteiger partial charge < -0.3 is 9.88 Å². The highest BCUT2D eigenvalue weighted by atomic mass is 32.2. The Morgan fingerprint density at radius 3 is 2.34 bits per heavy atom. The van der Waals surface area contributed by atoms with Gasteiger partial charge in [0.05, 0.1) is 10.4 Å². The van der Waals surface area contributed by atoms with Crippen molar-refractivity contribution in [3.05, 3.63) is 99.6 Å². The molecule has 35 heavy (non-hydrogen) atoms. The standard InChI is InChI=1S/C27H25FN2O4S/c1-4-19-6-9-21(10-7-19)29-26(31)16-30-15-25(27(32)23-14-20(28)8-12-24(23)30)35(33,34)22-11-5-17(2)18(3)13-22/h5-15H,4,16H2,1-3H3,(H,29,31). The van der Waals surface area contributed by atoms with Crippen molar-refractivity contribution in [1.29, 1.82) is 0 Å². The van der Waals surface area contributed by atoms with Gasteiger partial charge in [-0.05, 0) is 79.4 Å². The molecule has 0 saturated carbocycles. The summed E-state index contributed by atoms with van der Waals surface area (Å²) in [6, 6.07) is 15.5. The summed E-state index contributed by atoms with van der Waals surface area (Å²) in [5, 5.41) is 2.66. The van der Waals surface area contributed by atoms with E-state index < -0.39 is 31.9 Å². The Balaban J connectivity index is 1.80. The number of benzene rings is 3. The molecular weight excluding hydrogens is 467 g/mol. The zero-order chi connectivity index (χ0) is 25.3. The maximum Gasteiger partial charge on any atom is 0.244 e. The molecule has 0 fully saturated rings.